The molecule has 0 N–H and O–H groups in total. The highest BCUT2D eigenvalue weighted by molar-refractivity contribution is 6.31. The maximum atomic E-state index is 10.7. The van der Waals surface area contributed by atoms with Gasteiger partial charge in [0.15, 0.2) is 0 Å². The zero-order valence-corrected chi connectivity index (χ0v) is 10.7. The largest absolute Gasteiger partial charge is 0.306 e. The van der Waals surface area contributed by atoms with Crippen molar-refractivity contribution in [3.63, 3.8) is 0 Å². The Bertz CT molecular complexity index is 549. The quantitative estimate of drug-likeness (QED) is 0.494. The minimum atomic E-state index is -0.540. The van der Waals surface area contributed by atoms with E-state index in [1.165, 1.54) is 12.3 Å². The van der Waals surface area contributed by atoms with Crippen LogP contribution in [0.5, 0.6) is 0 Å². The minimum absolute atomic E-state index is 0. The number of hydrogen-bond donors (Lipinski definition) is 0. The summed E-state index contributed by atoms with van der Waals surface area (Å²) in [4.78, 5) is 17.9. The van der Waals surface area contributed by atoms with Crippen LogP contribution in [-0.2, 0) is 6.42 Å². The van der Waals surface area contributed by atoms with Crippen molar-refractivity contribution in [1.82, 2.24) is 9.97 Å². The van der Waals surface area contributed by atoms with E-state index in [1.807, 2.05) is 12.1 Å². The third-order valence-electron chi connectivity index (χ3n) is 2.20. The standard InChI is InChI=1S/C11H8ClN3O2.ClH/c12-11-10(15(16)17)5-9(7-14-11)4-8-2-1-3-13-6-8;/h1-3,5-7H,4H2;1H. The van der Waals surface area contributed by atoms with Gasteiger partial charge in [-0.25, -0.2) is 4.98 Å². The van der Waals surface area contributed by atoms with E-state index in [1.54, 1.807) is 12.4 Å². The number of nitrogens with zero attached hydrogens (tertiary/aromatic N) is 3. The van der Waals surface area contributed by atoms with Gasteiger partial charge < -0.3 is 0 Å². The highest BCUT2D eigenvalue weighted by atomic mass is 35.5. The maximum absolute atomic E-state index is 10.7. The number of nitro groups is 1. The van der Waals surface area contributed by atoms with E-state index in [2.05, 4.69) is 9.97 Å². The molecule has 18 heavy (non-hydrogen) atoms. The van der Waals surface area contributed by atoms with Gasteiger partial charge in [-0.3, -0.25) is 15.1 Å². The van der Waals surface area contributed by atoms with Gasteiger partial charge in [-0.15, -0.1) is 12.4 Å². The van der Waals surface area contributed by atoms with E-state index in [0.29, 0.717) is 6.42 Å². The van der Waals surface area contributed by atoms with E-state index in [0.717, 1.165) is 11.1 Å². The van der Waals surface area contributed by atoms with Crippen LogP contribution in [0.15, 0.2) is 36.8 Å². The van der Waals surface area contributed by atoms with E-state index in [9.17, 15) is 10.1 Å². The van der Waals surface area contributed by atoms with Crippen molar-refractivity contribution >= 4 is 29.7 Å². The fraction of sp³-hybridized carbons (Fsp3) is 0.0909. The first kappa shape index (κ1) is 14.3. The van der Waals surface area contributed by atoms with Gasteiger partial charge in [-0.1, -0.05) is 17.7 Å². The van der Waals surface area contributed by atoms with Crippen LogP contribution in [0.4, 0.5) is 5.69 Å². The van der Waals surface area contributed by atoms with Crippen molar-refractivity contribution < 1.29 is 4.92 Å². The van der Waals surface area contributed by atoms with Gasteiger partial charge >= 0.3 is 5.69 Å². The van der Waals surface area contributed by atoms with E-state index in [4.69, 9.17) is 11.6 Å². The SMILES string of the molecule is Cl.O=[N+]([O-])c1cc(Cc2cccnc2)cnc1Cl. The lowest BCUT2D eigenvalue weighted by Crippen LogP contribution is -1.95. The highest BCUT2D eigenvalue weighted by Gasteiger charge is 2.14. The summed E-state index contributed by atoms with van der Waals surface area (Å²) in [7, 11) is 0. The molecule has 0 saturated heterocycles. The fourth-order valence-electron chi connectivity index (χ4n) is 1.44. The predicted molar refractivity (Wildman–Crippen MR) is 70.2 cm³/mol. The van der Waals surface area contributed by atoms with Crippen LogP contribution in [0.1, 0.15) is 11.1 Å². The topological polar surface area (TPSA) is 68.9 Å². The second-order valence-corrected chi connectivity index (χ2v) is 3.81. The molecule has 94 valence electrons. The van der Waals surface area contributed by atoms with Crippen molar-refractivity contribution in [2.45, 2.75) is 6.42 Å². The first-order valence-corrected chi connectivity index (χ1v) is 5.22. The summed E-state index contributed by atoms with van der Waals surface area (Å²) in [5.74, 6) is 0. The fourth-order valence-corrected chi connectivity index (χ4v) is 1.61. The summed E-state index contributed by atoms with van der Waals surface area (Å²) in [6.45, 7) is 0. The number of halogens is 2. The zero-order chi connectivity index (χ0) is 12.3. The van der Waals surface area contributed by atoms with Gasteiger partial charge in [-0.2, -0.15) is 0 Å². The molecule has 0 atom stereocenters. The summed E-state index contributed by atoms with van der Waals surface area (Å²) in [6.07, 6.45) is 5.45. The normalized spacial score (nSPS) is 9.61. The van der Waals surface area contributed by atoms with Crippen molar-refractivity contribution in [2.24, 2.45) is 0 Å². The van der Waals surface area contributed by atoms with Crippen molar-refractivity contribution in [3.8, 4) is 0 Å². The van der Waals surface area contributed by atoms with Crippen LogP contribution in [-0.4, -0.2) is 14.9 Å². The summed E-state index contributed by atoms with van der Waals surface area (Å²) >= 11 is 5.63. The number of hydrogen-bond acceptors (Lipinski definition) is 4. The lowest BCUT2D eigenvalue weighted by molar-refractivity contribution is -0.385. The lowest BCUT2D eigenvalue weighted by Gasteiger charge is -2.01. The molecule has 0 unspecified atom stereocenters. The monoisotopic (exact) mass is 285 g/mol. The molecule has 0 aliphatic heterocycles. The Hall–Kier alpha value is -1.72. The average Bonchev–Trinajstić information content (AvgIpc) is 2.32. The zero-order valence-electron chi connectivity index (χ0n) is 9.12. The molecule has 0 bridgehead atoms. The van der Waals surface area contributed by atoms with Gasteiger partial charge in [-0.05, 0) is 17.2 Å². The summed E-state index contributed by atoms with van der Waals surface area (Å²) < 4.78 is 0. The number of aromatic nitrogens is 2. The van der Waals surface area contributed by atoms with Gasteiger partial charge in [0.1, 0.15) is 0 Å². The van der Waals surface area contributed by atoms with Gasteiger partial charge in [0.2, 0.25) is 5.15 Å². The molecule has 0 spiro atoms. The van der Waals surface area contributed by atoms with Crippen molar-refractivity contribution in [2.75, 3.05) is 0 Å². The van der Waals surface area contributed by atoms with E-state index >= 15 is 0 Å². The Morgan fingerprint density at radius 2 is 2.11 bits per heavy atom. The molecular weight excluding hydrogens is 277 g/mol. The van der Waals surface area contributed by atoms with Crippen LogP contribution < -0.4 is 0 Å². The number of pyridine rings is 2. The average molecular weight is 286 g/mol. The first-order valence-electron chi connectivity index (χ1n) is 4.84. The predicted octanol–water partition coefficient (Wildman–Crippen LogP) is 3.05. The Morgan fingerprint density at radius 1 is 1.33 bits per heavy atom. The second kappa shape index (κ2) is 6.28. The summed E-state index contributed by atoms with van der Waals surface area (Å²) in [5, 5.41) is 10.6. The van der Waals surface area contributed by atoms with Crippen molar-refractivity contribution in [3.05, 3.63) is 63.2 Å². The summed E-state index contributed by atoms with van der Waals surface area (Å²) in [5.41, 5.74) is 1.52. The maximum Gasteiger partial charge on any atom is 0.306 e. The first-order chi connectivity index (χ1) is 8.16. The van der Waals surface area contributed by atoms with Crippen LogP contribution in [0, 0.1) is 10.1 Å². The molecule has 2 aromatic rings. The molecule has 2 heterocycles. The third kappa shape index (κ3) is 3.38. The van der Waals surface area contributed by atoms with Crippen LogP contribution >= 0.6 is 24.0 Å². The molecule has 0 fully saturated rings. The Kier molecular flexibility index (Phi) is 5.00. The molecule has 0 amide bonds. The lowest BCUT2D eigenvalue weighted by atomic mass is 10.1. The Balaban J connectivity index is 0.00000162. The Labute approximate surface area is 114 Å². The summed E-state index contributed by atoms with van der Waals surface area (Å²) in [6, 6.07) is 5.14. The van der Waals surface area contributed by atoms with E-state index in [-0.39, 0.29) is 23.2 Å². The van der Waals surface area contributed by atoms with Crippen molar-refractivity contribution in [1.29, 1.82) is 0 Å². The molecule has 5 nitrogen and oxygen atoms in total. The molecule has 7 heteroatoms. The third-order valence-corrected chi connectivity index (χ3v) is 2.50. The molecule has 0 saturated carbocycles. The number of rotatable bonds is 3. The molecule has 2 rings (SSSR count). The highest BCUT2D eigenvalue weighted by Crippen LogP contribution is 2.23. The molecule has 0 aliphatic rings. The van der Waals surface area contributed by atoms with E-state index < -0.39 is 4.92 Å². The van der Waals surface area contributed by atoms with Crippen LogP contribution in [0.3, 0.4) is 0 Å². The Morgan fingerprint density at radius 3 is 2.72 bits per heavy atom. The molecule has 0 aromatic carbocycles. The van der Waals surface area contributed by atoms with Gasteiger partial charge in [0.25, 0.3) is 0 Å². The second-order valence-electron chi connectivity index (χ2n) is 3.45. The van der Waals surface area contributed by atoms with Crippen LogP contribution in [0.2, 0.25) is 5.15 Å². The van der Waals surface area contributed by atoms with Gasteiger partial charge in [0, 0.05) is 31.1 Å². The molecular formula is C11H9Cl2N3O2. The molecule has 0 radical (unpaired) electrons. The van der Waals surface area contributed by atoms with Crippen LogP contribution in [0.25, 0.3) is 0 Å². The minimum Gasteiger partial charge on any atom is -0.264 e. The molecule has 0 aliphatic carbocycles. The smallest absolute Gasteiger partial charge is 0.264 e. The molecule has 2 aromatic heterocycles. The van der Waals surface area contributed by atoms with Gasteiger partial charge in [0.05, 0.1) is 4.92 Å².